The first-order valence-electron chi connectivity index (χ1n) is 6.80. The molecule has 0 fully saturated rings. The summed E-state index contributed by atoms with van der Waals surface area (Å²) in [5.74, 6) is -0.334. The average Bonchev–Trinajstić information content (AvgIpc) is 2.49. The van der Waals surface area contributed by atoms with Crippen molar-refractivity contribution in [2.45, 2.75) is 20.0 Å². The number of anilines is 1. The molecular formula is C15H19FN4O. The number of hydrogen-bond acceptors (Lipinski definition) is 4. The maximum Gasteiger partial charge on any atom is 0.269 e. The Bertz CT molecular complexity index is 684. The highest BCUT2D eigenvalue weighted by Crippen LogP contribution is 2.12. The Morgan fingerprint density at radius 2 is 2.10 bits per heavy atom. The predicted molar refractivity (Wildman–Crippen MR) is 80.8 cm³/mol. The van der Waals surface area contributed by atoms with E-state index in [9.17, 15) is 9.18 Å². The summed E-state index contributed by atoms with van der Waals surface area (Å²) in [6.45, 7) is 3.29. The van der Waals surface area contributed by atoms with Crippen molar-refractivity contribution in [3.05, 3.63) is 57.8 Å². The summed E-state index contributed by atoms with van der Waals surface area (Å²) >= 11 is 0. The highest BCUT2D eigenvalue weighted by atomic mass is 19.1. The van der Waals surface area contributed by atoms with Crippen molar-refractivity contribution >= 4 is 5.69 Å². The number of aromatic nitrogens is 2. The van der Waals surface area contributed by atoms with E-state index in [-0.39, 0.29) is 24.5 Å². The van der Waals surface area contributed by atoms with Crippen LogP contribution in [0.25, 0.3) is 0 Å². The summed E-state index contributed by atoms with van der Waals surface area (Å²) in [6, 6.07) is 5.93. The normalized spacial score (nSPS) is 10.7. The Morgan fingerprint density at radius 1 is 1.33 bits per heavy atom. The molecule has 0 aliphatic heterocycles. The first-order valence-corrected chi connectivity index (χ1v) is 6.80. The van der Waals surface area contributed by atoms with Crippen molar-refractivity contribution in [3.63, 3.8) is 0 Å². The molecule has 0 saturated carbocycles. The lowest BCUT2D eigenvalue weighted by atomic mass is 10.1. The van der Waals surface area contributed by atoms with Gasteiger partial charge in [0, 0.05) is 26.2 Å². The molecule has 0 aliphatic carbocycles. The maximum atomic E-state index is 13.2. The average molecular weight is 290 g/mol. The molecule has 6 heteroatoms. The van der Waals surface area contributed by atoms with Crippen LogP contribution in [0.4, 0.5) is 10.1 Å². The van der Waals surface area contributed by atoms with Gasteiger partial charge in [0.15, 0.2) is 0 Å². The van der Waals surface area contributed by atoms with Gasteiger partial charge in [0.1, 0.15) is 5.82 Å². The second kappa shape index (κ2) is 6.49. The van der Waals surface area contributed by atoms with Crippen LogP contribution < -0.4 is 16.2 Å². The lowest BCUT2D eigenvalue weighted by molar-refractivity contribution is 0.613. The molecule has 2 aromatic rings. The Balaban J connectivity index is 2.30. The Labute approximate surface area is 122 Å². The minimum absolute atomic E-state index is 0.194. The first kappa shape index (κ1) is 15.2. The monoisotopic (exact) mass is 290 g/mol. The number of hydrogen-bond donors (Lipinski definition) is 1. The van der Waals surface area contributed by atoms with Gasteiger partial charge in [-0.25, -0.2) is 9.07 Å². The molecule has 21 heavy (non-hydrogen) atoms. The molecule has 5 nitrogen and oxygen atoms in total. The molecule has 0 atom stereocenters. The molecule has 0 aliphatic rings. The quantitative estimate of drug-likeness (QED) is 0.902. The van der Waals surface area contributed by atoms with Crippen LogP contribution in [0.1, 0.15) is 18.1 Å². The van der Waals surface area contributed by atoms with Crippen LogP contribution in [0.5, 0.6) is 0 Å². The third kappa shape index (κ3) is 3.46. The number of halogens is 1. The molecule has 2 rings (SSSR count). The minimum Gasteiger partial charge on any atom is -0.373 e. The zero-order chi connectivity index (χ0) is 15.4. The van der Waals surface area contributed by atoms with Crippen LogP contribution in [-0.4, -0.2) is 23.4 Å². The van der Waals surface area contributed by atoms with Gasteiger partial charge in [0.25, 0.3) is 5.56 Å². The van der Waals surface area contributed by atoms with Gasteiger partial charge in [-0.05, 0) is 30.2 Å². The standard InChI is InChI=1S/C15H19FN4O/c1-3-19(2)14-7-15(21)20(18-9-14)10-11-4-5-13(16)6-12(11)8-17/h4-7,9H,3,8,10,17H2,1-2H3. The van der Waals surface area contributed by atoms with Gasteiger partial charge in [0.05, 0.1) is 18.4 Å². The Hall–Kier alpha value is -2.21. The highest BCUT2D eigenvalue weighted by Gasteiger charge is 2.07. The van der Waals surface area contributed by atoms with Crippen molar-refractivity contribution < 1.29 is 4.39 Å². The Kier molecular flexibility index (Phi) is 4.70. The molecule has 0 radical (unpaired) electrons. The second-order valence-corrected chi connectivity index (χ2v) is 4.84. The molecule has 1 heterocycles. The number of nitrogens with zero attached hydrogens (tertiary/aromatic N) is 3. The summed E-state index contributed by atoms with van der Waals surface area (Å²) in [6.07, 6.45) is 1.65. The van der Waals surface area contributed by atoms with Gasteiger partial charge in [-0.2, -0.15) is 5.10 Å². The van der Waals surface area contributed by atoms with Crippen LogP contribution in [-0.2, 0) is 13.1 Å². The second-order valence-electron chi connectivity index (χ2n) is 4.84. The zero-order valence-corrected chi connectivity index (χ0v) is 12.2. The summed E-state index contributed by atoms with van der Waals surface area (Å²) in [4.78, 5) is 14.0. The van der Waals surface area contributed by atoms with Crippen LogP contribution in [0.15, 0.2) is 35.3 Å². The summed E-state index contributed by atoms with van der Waals surface area (Å²) < 4.78 is 14.5. The van der Waals surface area contributed by atoms with Gasteiger partial charge in [-0.15, -0.1) is 0 Å². The van der Waals surface area contributed by atoms with E-state index in [1.807, 2.05) is 18.9 Å². The van der Waals surface area contributed by atoms with E-state index in [1.54, 1.807) is 18.3 Å². The molecule has 0 saturated heterocycles. The molecule has 2 N–H and O–H groups in total. The van der Waals surface area contributed by atoms with Crippen LogP contribution in [0.2, 0.25) is 0 Å². The molecule has 1 aromatic carbocycles. The molecule has 112 valence electrons. The maximum absolute atomic E-state index is 13.2. The van der Waals surface area contributed by atoms with Crippen molar-refractivity contribution in [1.29, 1.82) is 0 Å². The van der Waals surface area contributed by atoms with Gasteiger partial charge in [0.2, 0.25) is 0 Å². The fraction of sp³-hybridized carbons (Fsp3) is 0.333. The van der Waals surface area contributed by atoms with Crippen molar-refractivity contribution in [2.75, 3.05) is 18.5 Å². The molecule has 0 bridgehead atoms. The molecule has 0 spiro atoms. The first-order chi connectivity index (χ1) is 10.0. The van der Waals surface area contributed by atoms with Crippen LogP contribution in [0, 0.1) is 5.82 Å². The van der Waals surface area contributed by atoms with Crippen molar-refractivity contribution in [1.82, 2.24) is 9.78 Å². The van der Waals surface area contributed by atoms with Crippen LogP contribution in [0.3, 0.4) is 0 Å². The SMILES string of the molecule is CCN(C)c1cnn(Cc2ccc(F)cc2CN)c(=O)c1. The Morgan fingerprint density at radius 3 is 2.71 bits per heavy atom. The van der Waals surface area contributed by atoms with E-state index in [0.717, 1.165) is 17.8 Å². The third-order valence-corrected chi connectivity index (χ3v) is 3.48. The van der Waals surface area contributed by atoms with E-state index < -0.39 is 0 Å². The topological polar surface area (TPSA) is 64.2 Å². The van der Waals surface area contributed by atoms with Gasteiger partial charge in [-0.1, -0.05) is 6.07 Å². The van der Waals surface area contributed by atoms with E-state index in [4.69, 9.17) is 5.73 Å². The van der Waals surface area contributed by atoms with Crippen LogP contribution >= 0.6 is 0 Å². The minimum atomic E-state index is -0.334. The smallest absolute Gasteiger partial charge is 0.269 e. The molecule has 0 amide bonds. The van der Waals surface area contributed by atoms with Crippen molar-refractivity contribution in [2.24, 2.45) is 5.73 Å². The number of benzene rings is 1. The largest absolute Gasteiger partial charge is 0.373 e. The summed E-state index contributed by atoms with van der Waals surface area (Å²) in [5, 5.41) is 4.17. The van der Waals surface area contributed by atoms with Gasteiger partial charge >= 0.3 is 0 Å². The van der Waals surface area contributed by atoms with E-state index >= 15 is 0 Å². The van der Waals surface area contributed by atoms with Gasteiger partial charge in [-0.3, -0.25) is 4.79 Å². The van der Waals surface area contributed by atoms with E-state index in [2.05, 4.69) is 5.10 Å². The van der Waals surface area contributed by atoms with Crippen molar-refractivity contribution in [3.8, 4) is 0 Å². The number of rotatable bonds is 5. The molecule has 1 aromatic heterocycles. The summed E-state index contributed by atoms with van der Waals surface area (Å²) in [7, 11) is 1.90. The highest BCUT2D eigenvalue weighted by molar-refractivity contribution is 5.41. The lowest BCUT2D eigenvalue weighted by Crippen LogP contribution is -2.26. The molecular weight excluding hydrogens is 271 g/mol. The van der Waals surface area contributed by atoms with Gasteiger partial charge < -0.3 is 10.6 Å². The summed E-state index contributed by atoms with van der Waals surface area (Å²) in [5.41, 5.74) is 7.67. The third-order valence-electron chi connectivity index (χ3n) is 3.48. The molecule has 0 unspecified atom stereocenters. The lowest BCUT2D eigenvalue weighted by Gasteiger charge is -2.16. The fourth-order valence-electron chi connectivity index (χ4n) is 2.03. The zero-order valence-electron chi connectivity index (χ0n) is 12.2. The van der Waals surface area contributed by atoms with E-state index in [1.165, 1.54) is 16.8 Å². The fourth-order valence-corrected chi connectivity index (χ4v) is 2.03. The predicted octanol–water partition coefficient (Wildman–Crippen LogP) is 1.35. The number of nitrogens with two attached hydrogens (primary N) is 1. The van der Waals surface area contributed by atoms with E-state index in [0.29, 0.717) is 5.56 Å².